The number of carbonyl (C=O) groups excluding carboxylic acids is 1. The first-order valence-electron chi connectivity index (χ1n) is 3.76. The molecule has 4 heteroatoms. The Bertz CT molecular complexity index is 177. The molecule has 0 saturated carbocycles. The van der Waals surface area contributed by atoms with E-state index in [2.05, 4.69) is 0 Å². The van der Waals surface area contributed by atoms with Gasteiger partial charge in [0.25, 0.3) is 0 Å². The van der Waals surface area contributed by atoms with Crippen molar-refractivity contribution in [2.45, 2.75) is 26.4 Å². The topological polar surface area (TPSA) is 35.5 Å². The predicted octanol–water partition coefficient (Wildman–Crippen LogP) is 0.984. The number of allylic oxidation sites excluding steroid dienone is 1. The van der Waals surface area contributed by atoms with E-state index in [1.807, 2.05) is 13.8 Å². The summed E-state index contributed by atoms with van der Waals surface area (Å²) in [5.74, 6) is 0.679. The zero-order valence-electron chi connectivity index (χ0n) is 7.59. The first-order valence-corrected chi connectivity index (χ1v) is 4.93. The van der Waals surface area contributed by atoms with Crippen LogP contribution in [0.25, 0.3) is 0 Å². The van der Waals surface area contributed by atoms with Crippen molar-refractivity contribution in [1.82, 2.24) is 0 Å². The third-order valence-electron chi connectivity index (χ3n) is 1.52. The van der Waals surface area contributed by atoms with Gasteiger partial charge in [-0.05, 0) is 0 Å². The van der Waals surface area contributed by atoms with Gasteiger partial charge in [0, 0.05) is 0 Å². The maximum absolute atomic E-state index is 11.0. The Labute approximate surface area is 86.8 Å². The minimum absolute atomic E-state index is 0.0660. The Morgan fingerprint density at radius 1 is 1.67 bits per heavy atom. The molecule has 12 heavy (non-hydrogen) atoms. The molecule has 0 aromatic rings. The predicted molar refractivity (Wildman–Crippen MR) is 46.7 cm³/mol. The zero-order chi connectivity index (χ0) is 9.56. The molecule has 0 aliphatic carbocycles. The normalized spacial score (nSPS) is 14.2. The molecule has 0 amide bonds. The van der Waals surface area contributed by atoms with Crippen LogP contribution in [0, 0.1) is 0 Å². The molecule has 0 aromatic heterocycles. The van der Waals surface area contributed by atoms with E-state index >= 15 is 0 Å². The number of hydrogen-bond donors (Lipinski definition) is 0. The van der Waals surface area contributed by atoms with Crippen LogP contribution in [0.2, 0.25) is 0 Å². The van der Waals surface area contributed by atoms with E-state index in [0.717, 1.165) is 22.9 Å². The quantitative estimate of drug-likeness (QED) is 0.426. The monoisotopic (exact) mass is 277 g/mol. The van der Waals surface area contributed by atoms with Gasteiger partial charge in [0.15, 0.2) is 0 Å². The van der Waals surface area contributed by atoms with E-state index in [0.29, 0.717) is 12.2 Å². The van der Waals surface area contributed by atoms with Crippen molar-refractivity contribution in [3.8, 4) is 0 Å². The van der Waals surface area contributed by atoms with E-state index in [9.17, 15) is 4.79 Å². The summed E-state index contributed by atoms with van der Waals surface area (Å²) in [5.41, 5.74) is 0. The summed E-state index contributed by atoms with van der Waals surface area (Å²) < 4.78 is 10.1. The van der Waals surface area contributed by atoms with Crippen molar-refractivity contribution >= 4 is 28.7 Å². The second-order valence-corrected chi connectivity index (χ2v) is 2.93. The summed E-state index contributed by atoms with van der Waals surface area (Å²) in [7, 11) is 1.59. The molecule has 0 heterocycles. The Morgan fingerprint density at radius 3 is 2.58 bits per heavy atom. The number of carbonyl (C=O) groups is 1. The summed E-state index contributed by atoms with van der Waals surface area (Å²) in [5, 5.41) is 0. The standard InChI is InChI=1S/C8H14O3.Sn/c1-4-7(9)5-8(10)6(2)11-3;/h5-6,10H,4H2,1-3H3;/q;+1/p-1/b8-5-;. The van der Waals surface area contributed by atoms with Crippen molar-refractivity contribution in [3.05, 3.63) is 11.8 Å². The minimum atomic E-state index is -0.139. The summed E-state index contributed by atoms with van der Waals surface area (Å²) >= 11 is 0.916. The van der Waals surface area contributed by atoms with E-state index in [4.69, 9.17) is 7.81 Å². The molecule has 3 radical (unpaired) electrons. The van der Waals surface area contributed by atoms with Gasteiger partial charge >= 0.3 is 86.6 Å². The first-order chi connectivity index (χ1) is 5.65. The SMILES string of the molecule is CCC(=O)/C=C(\[O][Sn])C(C)OC. The molecule has 0 aliphatic rings. The number of rotatable bonds is 5. The summed E-state index contributed by atoms with van der Waals surface area (Å²) in [6.07, 6.45) is 1.86. The Balaban J connectivity index is 4.31. The Hall–Kier alpha value is -0.0313. The van der Waals surface area contributed by atoms with Crippen molar-refractivity contribution in [3.63, 3.8) is 0 Å². The molecule has 0 aromatic carbocycles. The van der Waals surface area contributed by atoms with Gasteiger partial charge in [-0.3, -0.25) is 0 Å². The van der Waals surface area contributed by atoms with Gasteiger partial charge < -0.3 is 0 Å². The molecule has 0 rings (SSSR count). The number of ether oxygens (including phenoxy) is 1. The third kappa shape index (κ3) is 4.11. The second kappa shape index (κ2) is 6.48. The molecule has 0 bridgehead atoms. The van der Waals surface area contributed by atoms with Gasteiger partial charge in [-0.1, -0.05) is 0 Å². The van der Waals surface area contributed by atoms with Crippen molar-refractivity contribution in [2.24, 2.45) is 0 Å². The number of hydrogen-bond acceptors (Lipinski definition) is 3. The van der Waals surface area contributed by atoms with Crippen molar-refractivity contribution in [1.29, 1.82) is 0 Å². The van der Waals surface area contributed by atoms with E-state index in [1.54, 1.807) is 7.11 Å². The average Bonchev–Trinajstić information content (AvgIpc) is 2.12. The van der Waals surface area contributed by atoms with Crippen LogP contribution in [0.5, 0.6) is 0 Å². The van der Waals surface area contributed by atoms with Gasteiger partial charge in [-0.25, -0.2) is 0 Å². The molecule has 0 aliphatic heterocycles. The van der Waals surface area contributed by atoms with Gasteiger partial charge in [-0.15, -0.1) is 0 Å². The molecule has 0 saturated heterocycles. The van der Waals surface area contributed by atoms with Gasteiger partial charge in [0.2, 0.25) is 0 Å². The second-order valence-electron chi connectivity index (χ2n) is 2.35. The van der Waals surface area contributed by atoms with Crippen LogP contribution >= 0.6 is 0 Å². The molecule has 67 valence electrons. The van der Waals surface area contributed by atoms with Gasteiger partial charge in [-0.2, -0.15) is 0 Å². The molecule has 1 atom stereocenters. The molecule has 3 nitrogen and oxygen atoms in total. The molecule has 0 N–H and O–H groups in total. The van der Waals surface area contributed by atoms with Crippen molar-refractivity contribution in [2.75, 3.05) is 7.11 Å². The maximum atomic E-state index is 11.0. The summed E-state index contributed by atoms with van der Waals surface area (Å²) in [4.78, 5) is 11.0. The Kier molecular flexibility index (Phi) is 6.46. The summed E-state index contributed by atoms with van der Waals surface area (Å²) in [6, 6.07) is 0. The first kappa shape index (κ1) is 12.0. The van der Waals surface area contributed by atoms with Crippen LogP contribution in [-0.4, -0.2) is 41.9 Å². The van der Waals surface area contributed by atoms with Crippen molar-refractivity contribution < 1.29 is 12.6 Å². The fraction of sp³-hybridized carbons (Fsp3) is 0.625. The van der Waals surface area contributed by atoms with Crippen LogP contribution in [0.1, 0.15) is 20.3 Å². The zero-order valence-corrected chi connectivity index (χ0v) is 10.4. The van der Waals surface area contributed by atoms with Crippen LogP contribution < -0.4 is 0 Å². The van der Waals surface area contributed by atoms with E-state index in [-0.39, 0.29) is 11.9 Å². The van der Waals surface area contributed by atoms with Gasteiger partial charge in [0.1, 0.15) is 0 Å². The van der Waals surface area contributed by atoms with Crippen LogP contribution in [0.15, 0.2) is 11.8 Å². The van der Waals surface area contributed by atoms with E-state index < -0.39 is 0 Å². The molecular weight excluding hydrogens is 263 g/mol. The molecule has 0 fully saturated rings. The average molecular weight is 276 g/mol. The van der Waals surface area contributed by atoms with Crippen LogP contribution in [-0.2, 0) is 12.6 Å². The van der Waals surface area contributed by atoms with Crippen LogP contribution in [0.3, 0.4) is 0 Å². The third-order valence-corrected chi connectivity index (χ3v) is 2.20. The molecule has 0 spiro atoms. The van der Waals surface area contributed by atoms with E-state index in [1.165, 1.54) is 6.08 Å². The number of methoxy groups -OCH3 is 1. The summed E-state index contributed by atoms with van der Waals surface area (Å²) in [6.45, 7) is 3.66. The number of ketones is 1. The molecular formula is C8H13O3Sn. The van der Waals surface area contributed by atoms with Crippen LogP contribution in [0.4, 0.5) is 0 Å². The van der Waals surface area contributed by atoms with Gasteiger partial charge in [0.05, 0.1) is 0 Å². The molecule has 1 unspecified atom stereocenters. The fourth-order valence-electron chi connectivity index (χ4n) is 0.607. The Morgan fingerprint density at radius 2 is 2.25 bits per heavy atom. The fourth-order valence-corrected chi connectivity index (χ4v) is 1.25.